The Hall–Kier alpha value is -2.14. The lowest BCUT2D eigenvalue weighted by Gasteiger charge is -2.43. The predicted octanol–water partition coefficient (Wildman–Crippen LogP) is 1.46. The van der Waals surface area contributed by atoms with Gasteiger partial charge in [0, 0.05) is 55.0 Å². The minimum Gasteiger partial charge on any atom is -0.437 e. The highest BCUT2D eigenvalue weighted by Gasteiger charge is 2.40. The van der Waals surface area contributed by atoms with Gasteiger partial charge in [-0.15, -0.1) is 0 Å². The molecule has 2 aliphatic rings. The van der Waals surface area contributed by atoms with Gasteiger partial charge in [-0.05, 0) is 44.4 Å². The number of anilines is 1. The van der Waals surface area contributed by atoms with Crippen molar-refractivity contribution < 1.29 is 5.02 Å². The van der Waals surface area contributed by atoms with Crippen molar-refractivity contribution in [2.75, 3.05) is 24.5 Å². The van der Waals surface area contributed by atoms with Crippen LogP contribution in [-0.4, -0.2) is 59.7 Å². The average molecular weight is 349 g/mol. The van der Waals surface area contributed by atoms with Gasteiger partial charge in [0.05, 0.1) is 11.1 Å². The van der Waals surface area contributed by atoms with Crippen LogP contribution in [0.2, 0.25) is 6.82 Å². The Morgan fingerprint density at radius 3 is 2.92 bits per heavy atom. The molecule has 0 bridgehead atoms. The number of hydrogen-bond donors (Lipinski definition) is 2. The molecule has 0 aliphatic carbocycles. The maximum atomic E-state index is 9.64. The third-order valence-electron chi connectivity index (χ3n) is 5.62. The molecule has 2 N–H and O–H groups in total. The zero-order chi connectivity index (χ0) is 18.3. The number of fused-ring (bicyclic) bond motifs is 2. The van der Waals surface area contributed by atoms with Crippen LogP contribution in [0.1, 0.15) is 18.9 Å². The fourth-order valence-electron chi connectivity index (χ4n) is 4.60. The van der Waals surface area contributed by atoms with Crippen LogP contribution in [-0.2, 0) is 0 Å². The average Bonchev–Trinajstić information content (AvgIpc) is 3.03. The Labute approximate surface area is 154 Å². The first-order valence-electron chi connectivity index (χ1n) is 9.29. The minimum atomic E-state index is -0.471. The molecule has 4 rings (SSSR count). The van der Waals surface area contributed by atoms with Crippen LogP contribution >= 0.6 is 0 Å². The summed E-state index contributed by atoms with van der Waals surface area (Å²) in [5.74, 6) is 0. The van der Waals surface area contributed by atoms with Crippen LogP contribution in [0.5, 0.6) is 0 Å². The maximum Gasteiger partial charge on any atom is 0.373 e. The van der Waals surface area contributed by atoms with E-state index < -0.39 is 7.05 Å². The Kier molecular flexibility index (Phi) is 4.57. The van der Waals surface area contributed by atoms with Gasteiger partial charge in [-0.25, -0.2) is 0 Å². The summed E-state index contributed by atoms with van der Waals surface area (Å²) in [6.45, 7) is 6.95. The van der Waals surface area contributed by atoms with Crippen molar-refractivity contribution in [3.63, 3.8) is 0 Å². The topological polar surface area (TPSA) is 75.4 Å². The molecule has 1 aromatic heterocycles. The summed E-state index contributed by atoms with van der Waals surface area (Å²) < 4.78 is 0. The first-order chi connectivity index (χ1) is 12.6. The van der Waals surface area contributed by atoms with E-state index >= 15 is 0 Å². The van der Waals surface area contributed by atoms with Crippen LogP contribution in [0.15, 0.2) is 30.5 Å². The van der Waals surface area contributed by atoms with Crippen molar-refractivity contribution in [2.24, 2.45) is 0 Å². The molecule has 2 saturated heterocycles. The Balaban J connectivity index is 1.63. The lowest BCUT2D eigenvalue weighted by molar-refractivity contribution is 0.165. The summed E-state index contributed by atoms with van der Waals surface area (Å²) in [6.07, 6.45) is 2.79. The number of hydrogen-bond acceptors (Lipinski definition) is 6. The van der Waals surface area contributed by atoms with E-state index in [0.717, 1.165) is 42.6 Å². The van der Waals surface area contributed by atoms with Crippen molar-refractivity contribution in [2.45, 2.75) is 38.3 Å². The lowest BCUT2D eigenvalue weighted by atomic mass is 9.87. The lowest BCUT2D eigenvalue weighted by Crippen LogP contribution is -2.55. The van der Waals surface area contributed by atoms with Crippen LogP contribution in [0.3, 0.4) is 0 Å². The molecule has 0 amide bonds. The molecule has 7 heteroatoms. The first kappa shape index (κ1) is 17.3. The Morgan fingerprint density at radius 1 is 1.31 bits per heavy atom. The molecule has 0 radical (unpaired) electrons. The van der Waals surface area contributed by atoms with E-state index in [1.807, 2.05) is 12.1 Å². The smallest absolute Gasteiger partial charge is 0.373 e. The van der Waals surface area contributed by atoms with Gasteiger partial charge >= 0.3 is 7.05 Å². The number of nitrogens with zero attached hydrogens (tertiary/aromatic N) is 4. The normalized spacial score (nSPS) is 25.9. The molecular formula is C19H24BN5O. The molecule has 0 saturated carbocycles. The monoisotopic (exact) mass is 349 g/mol. The summed E-state index contributed by atoms with van der Waals surface area (Å²) >= 11 is 0. The second kappa shape index (κ2) is 6.88. The molecule has 1 aromatic carbocycles. The van der Waals surface area contributed by atoms with Crippen molar-refractivity contribution in [1.82, 2.24) is 15.1 Å². The second-order valence-corrected chi connectivity index (χ2v) is 7.52. The van der Waals surface area contributed by atoms with Gasteiger partial charge in [-0.1, -0.05) is 0 Å². The Bertz CT molecular complexity index is 851. The third kappa shape index (κ3) is 3.05. The van der Waals surface area contributed by atoms with E-state index in [4.69, 9.17) is 0 Å². The van der Waals surface area contributed by atoms with E-state index in [0.29, 0.717) is 23.7 Å². The van der Waals surface area contributed by atoms with Gasteiger partial charge in [-0.3, -0.25) is 9.88 Å². The van der Waals surface area contributed by atoms with E-state index in [2.05, 4.69) is 45.1 Å². The highest BCUT2D eigenvalue weighted by molar-refractivity contribution is 6.45. The molecule has 0 unspecified atom stereocenters. The molecule has 2 aliphatic heterocycles. The second-order valence-electron chi connectivity index (χ2n) is 7.52. The number of pyridine rings is 1. The summed E-state index contributed by atoms with van der Waals surface area (Å²) in [4.78, 5) is 9.43. The number of aromatic nitrogens is 1. The third-order valence-corrected chi connectivity index (χ3v) is 5.62. The molecule has 3 heterocycles. The largest absolute Gasteiger partial charge is 0.437 e. The standard InChI is InChI=1S/C19H24BN5O/c1-13-10-24(12-16-8-15(11-25(13)16)23-20(2)26)18-6-5-14(9-21)19-17(18)4-3-7-22-19/h3-7,13,15-16,23,26H,8,10-12H2,1-2H3/t13-,15-,16+/m1/s1. The van der Waals surface area contributed by atoms with Gasteiger partial charge in [0.15, 0.2) is 0 Å². The molecule has 0 spiro atoms. The molecule has 26 heavy (non-hydrogen) atoms. The molecule has 2 fully saturated rings. The Morgan fingerprint density at radius 2 is 2.15 bits per heavy atom. The van der Waals surface area contributed by atoms with Crippen LogP contribution in [0.4, 0.5) is 5.69 Å². The van der Waals surface area contributed by atoms with Crippen LogP contribution < -0.4 is 10.1 Å². The number of benzene rings is 1. The van der Waals surface area contributed by atoms with E-state index in [-0.39, 0.29) is 0 Å². The first-order valence-corrected chi connectivity index (χ1v) is 9.29. The zero-order valence-corrected chi connectivity index (χ0v) is 15.3. The highest BCUT2D eigenvalue weighted by Crippen LogP contribution is 2.33. The fraction of sp³-hybridized carbons (Fsp3) is 0.474. The maximum absolute atomic E-state index is 9.64. The zero-order valence-electron chi connectivity index (χ0n) is 15.3. The van der Waals surface area contributed by atoms with Gasteiger partial charge in [-0.2, -0.15) is 5.26 Å². The number of piperazine rings is 1. The van der Waals surface area contributed by atoms with E-state index in [1.54, 1.807) is 13.0 Å². The van der Waals surface area contributed by atoms with Crippen LogP contribution in [0, 0.1) is 11.3 Å². The summed E-state index contributed by atoms with van der Waals surface area (Å²) in [5, 5.41) is 23.3. The van der Waals surface area contributed by atoms with Crippen molar-refractivity contribution in [1.29, 1.82) is 5.26 Å². The molecule has 3 atom stereocenters. The number of nitriles is 1. The quantitative estimate of drug-likeness (QED) is 0.818. The minimum absolute atomic E-state index is 0.335. The van der Waals surface area contributed by atoms with Crippen LogP contribution in [0.25, 0.3) is 10.9 Å². The highest BCUT2D eigenvalue weighted by atomic mass is 16.2. The number of rotatable bonds is 3. The summed E-state index contributed by atoms with van der Waals surface area (Å²) in [6, 6.07) is 11.4. The summed E-state index contributed by atoms with van der Waals surface area (Å²) in [7, 11) is -0.471. The molecular weight excluding hydrogens is 325 g/mol. The van der Waals surface area contributed by atoms with E-state index in [1.165, 1.54) is 0 Å². The van der Waals surface area contributed by atoms with Crippen molar-refractivity contribution in [3.05, 3.63) is 36.0 Å². The molecule has 134 valence electrons. The van der Waals surface area contributed by atoms with Crippen molar-refractivity contribution in [3.8, 4) is 6.07 Å². The van der Waals surface area contributed by atoms with Gasteiger partial charge in [0.1, 0.15) is 6.07 Å². The van der Waals surface area contributed by atoms with Crippen molar-refractivity contribution >= 4 is 23.6 Å². The van der Waals surface area contributed by atoms with E-state index in [9.17, 15) is 10.3 Å². The van der Waals surface area contributed by atoms with Gasteiger partial charge in [0.2, 0.25) is 0 Å². The van der Waals surface area contributed by atoms with Gasteiger partial charge < -0.3 is 15.2 Å². The number of nitrogens with one attached hydrogen (secondary N) is 1. The fourth-order valence-corrected chi connectivity index (χ4v) is 4.60. The molecule has 2 aromatic rings. The SMILES string of the molecule is CB(O)N[C@@H]1C[C@H]2CN(c3ccc(C#N)c4ncccc34)C[C@@H](C)N2C1. The van der Waals surface area contributed by atoms with Gasteiger partial charge in [0.25, 0.3) is 0 Å². The summed E-state index contributed by atoms with van der Waals surface area (Å²) in [5.41, 5.74) is 2.56. The molecule has 6 nitrogen and oxygen atoms in total. The predicted molar refractivity (Wildman–Crippen MR) is 104 cm³/mol.